The van der Waals surface area contributed by atoms with Gasteiger partial charge in [0.05, 0.1) is 13.2 Å². The fraction of sp³-hybridized carbons (Fsp3) is 0.412. The van der Waals surface area contributed by atoms with Crippen LogP contribution in [0.5, 0.6) is 0 Å². The van der Waals surface area contributed by atoms with E-state index in [0.717, 1.165) is 23.2 Å². The minimum absolute atomic E-state index is 0.560. The molecule has 0 atom stereocenters. The van der Waals surface area contributed by atoms with Crippen molar-refractivity contribution in [2.45, 2.75) is 45.6 Å². The molecule has 1 aliphatic carbocycles. The van der Waals surface area contributed by atoms with Crippen LogP contribution in [-0.2, 0) is 24.5 Å². The van der Waals surface area contributed by atoms with Gasteiger partial charge in [0.2, 0.25) is 0 Å². The second-order valence-electron chi connectivity index (χ2n) is 5.53. The van der Waals surface area contributed by atoms with E-state index in [1.807, 2.05) is 35.6 Å². The zero-order chi connectivity index (χ0) is 14.7. The summed E-state index contributed by atoms with van der Waals surface area (Å²) in [7, 11) is 0. The summed E-state index contributed by atoms with van der Waals surface area (Å²) in [5.74, 6) is 0. The van der Waals surface area contributed by atoms with Crippen LogP contribution in [0.25, 0.3) is 0 Å². The summed E-state index contributed by atoms with van der Waals surface area (Å²) in [6.45, 7) is 4.36. The highest BCUT2D eigenvalue weighted by Crippen LogP contribution is 2.25. The Morgan fingerprint density at radius 1 is 1.24 bits per heavy atom. The largest absolute Gasteiger partial charge is 0.372 e. The molecule has 1 aromatic carbocycles. The average molecular weight is 322 g/mol. The van der Waals surface area contributed by atoms with E-state index in [1.54, 1.807) is 0 Å². The number of benzene rings is 1. The lowest BCUT2D eigenvalue weighted by Gasteiger charge is -2.05. The summed E-state index contributed by atoms with van der Waals surface area (Å²) in [6.07, 6.45) is 2.66. The molecule has 1 aromatic heterocycles. The van der Waals surface area contributed by atoms with Crippen molar-refractivity contribution in [2.75, 3.05) is 0 Å². The number of nitrogens with one attached hydrogen (secondary N) is 1. The van der Waals surface area contributed by atoms with Gasteiger partial charge in [-0.15, -0.1) is 11.3 Å². The third-order valence-electron chi connectivity index (χ3n) is 3.69. The highest BCUT2D eigenvalue weighted by atomic mass is 35.5. The normalized spacial score (nSPS) is 14.6. The molecule has 0 spiro atoms. The lowest BCUT2D eigenvalue weighted by atomic mass is 10.2. The Morgan fingerprint density at radius 2 is 2.00 bits per heavy atom. The Bertz CT molecular complexity index is 607. The Balaban J connectivity index is 1.51. The molecule has 1 heterocycles. The monoisotopic (exact) mass is 321 g/mol. The van der Waals surface area contributed by atoms with E-state index in [-0.39, 0.29) is 0 Å². The quantitative estimate of drug-likeness (QED) is 0.799. The number of rotatable bonds is 7. The van der Waals surface area contributed by atoms with Crippen LogP contribution in [0.4, 0.5) is 0 Å². The van der Waals surface area contributed by atoms with E-state index in [9.17, 15) is 0 Å². The van der Waals surface area contributed by atoms with Gasteiger partial charge >= 0.3 is 0 Å². The molecule has 21 heavy (non-hydrogen) atoms. The zero-order valence-electron chi connectivity index (χ0n) is 12.2. The third kappa shape index (κ3) is 4.30. The first-order valence-electron chi connectivity index (χ1n) is 7.35. The molecular formula is C17H20ClNOS. The maximum Gasteiger partial charge on any atom is 0.0735 e. The molecule has 4 heteroatoms. The Kier molecular flexibility index (Phi) is 4.96. The van der Waals surface area contributed by atoms with E-state index in [2.05, 4.69) is 18.3 Å². The van der Waals surface area contributed by atoms with Crippen LogP contribution in [0.15, 0.2) is 30.3 Å². The number of hydrogen-bond donors (Lipinski definition) is 1. The molecule has 2 aromatic rings. The van der Waals surface area contributed by atoms with E-state index < -0.39 is 0 Å². The molecule has 112 valence electrons. The van der Waals surface area contributed by atoms with Crippen LogP contribution in [0.2, 0.25) is 5.02 Å². The summed E-state index contributed by atoms with van der Waals surface area (Å²) in [6, 6.07) is 10.9. The Hall–Kier alpha value is -0.870. The van der Waals surface area contributed by atoms with Crippen molar-refractivity contribution < 1.29 is 4.74 Å². The minimum Gasteiger partial charge on any atom is -0.372 e. The van der Waals surface area contributed by atoms with Gasteiger partial charge in [-0.25, -0.2) is 0 Å². The van der Waals surface area contributed by atoms with Gasteiger partial charge in [0.25, 0.3) is 0 Å². The van der Waals surface area contributed by atoms with Crippen LogP contribution in [-0.4, -0.2) is 6.04 Å². The second kappa shape index (κ2) is 6.93. The predicted octanol–water partition coefficient (Wildman–Crippen LogP) is 4.68. The molecule has 0 radical (unpaired) electrons. The maximum atomic E-state index is 6.13. The Labute approximate surface area is 135 Å². The average Bonchev–Trinajstić information content (AvgIpc) is 3.23. The molecule has 0 amide bonds. The summed E-state index contributed by atoms with van der Waals surface area (Å²) in [5, 5.41) is 4.33. The van der Waals surface area contributed by atoms with E-state index >= 15 is 0 Å². The van der Waals surface area contributed by atoms with Crippen LogP contribution in [0, 0.1) is 6.92 Å². The van der Waals surface area contributed by atoms with Crippen molar-refractivity contribution in [2.24, 2.45) is 0 Å². The van der Waals surface area contributed by atoms with Crippen LogP contribution in [0.1, 0.15) is 33.7 Å². The number of hydrogen-bond acceptors (Lipinski definition) is 3. The van der Waals surface area contributed by atoms with Gasteiger partial charge in [-0.1, -0.05) is 29.8 Å². The summed E-state index contributed by atoms with van der Waals surface area (Å²) >= 11 is 8.00. The standard InChI is InChI=1S/C17H20ClNOS/c1-12-14(8-16(21-12)9-19-15-6-7-15)11-20-10-13-4-2-3-5-17(13)18/h2-5,8,15,19H,6-7,9-11H2,1H3. The maximum absolute atomic E-state index is 6.13. The molecule has 1 N–H and O–H groups in total. The molecule has 2 nitrogen and oxygen atoms in total. The molecule has 1 fully saturated rings. The molecular weight excluding hydrogens is 302 g/mol. The molecule has 0 saturated heterocycles. The highest BCUT2D eigenvalue weighted by Gasteiger charge is 2.20. The lowest BCUT2D eigenvalue weighted by molar-refractivity contribution is 0.107. The molecule has 1 aliphatic rings. The van der Waals surface area contributed by atoms with Gasteiger partial charge in [-0.05, 0) is 43.0 Å². The van der Waals surface area contributed by atoms with Crippen LogP contribution >= 0.6 is 22.9 Å². The number of aryl methyl sites for hydroxylation is 1. The van der Waals surface area contributed by atoms with Gasteiger partial charge < -0.3 is 10.1 Å². The topological polar surface area (TPSA) is 21.3 Å². The second-order valence-corrected chi connectivity index (χ2v) is 7.28. The van der Waals surface area contributed by atoms with Gasteiger partial charge in [-0.2, -0.15) is 0 Å². The molecule has 0 bridgehead atoms. The van der Waals surface area contributed by atoms with Gasteiger partial charge in [0.1, 0.15) is 0 Å². The number of thiophene rings is 1. The summed E-state index contributed by atoms with van der Waals surface area (Å²) in [5.41, 5.74) is 2.34. The first-order chi connectivity index (χ1) is 10.2. The van der Waals surface area contributed by atoms with E-state index in [4.69, 9.17) is 16.3 Å². The van der Waals surface area contributed by atoms with Crippen molar-refractivity contribution >= 4 is 22.9 Å². The van der Waals surface area contributed by atoms with E-state index in [0.29, 0.717) is 13.2 Å². The van der Waals surface area contributed by atoms with Gasteiger partial charge in [-0.3, -0.25) is 0 Å². The molecule has 1 saturated carbocycles. The van der Waals surface area contributed by atoms with Crippen molar-refractivity contribution in [1.82, 2.24) is 5.32 Å². The molecule has 0 unspecified atom stereocenters. The van der Waals surface area contributed by atoms with E-state index in [1.165, 1.54) is 28.2 Å². The van der Waals surface area contributed by atoms with Crippen LogP contribution in [0.3, 0.4) is 0 Å². The zero-order valence-corrected chi connectivity index (χ0v) is 13.8. The minimum atomic E-state index is 0.560. The third-order valence-corrected chi connectivity index (χ3v) is 5.15. The summed E-state index contributed by atoms with van der Waals surface area (Å²) in [4.78, 5) is 2.75. The van der Waals surface area contributed by atoms with Gasteiger partial charge in [0, 0.05) is 27.4 Å². The van der Waals surface area contributed by atoms with Crippen molar-refractivity contribution in [3.8, 4) is 0 Å². The predicted molar refractivity (Wildman–Crippen MR) is 88.9 cm³/mol. The molecule has 0 aliphatic heterocycles. The first kappa shape index (κ1) is 15.0. The van der Waals surface area contributed by atoms with Gasteiger partial charge in [0.15, 0.2) is 0 Å². The first-order valence-corrected chi connectivity index (χ1v) is 8.54. The highest BCUT2D eigenvalue weighted by molar-refractivity contribution is 7.12. The number of ether oxygens (including phenoxy) is 1. The van der Waals surface area contributed by atoms with Crippen molar-refractivity contribution in [3.63, 3.8) is 0 Å². The smallest absolute Gasteiger partial charge is 0.0735 e. The SMILES string of the molecule is Cc1sc(CNC2CC2)cc1COCc1ccccc1Cl. The fourth-order valence-electron chi connectivity index (χ4n) is 2.24. The fourth-order valence-corrected chi connectivity index (χ4v) is 3.43. The lowest BCUT2D eigenvalue weighted by Crippen LogP contribution is -2.14. The van der Waals surface area contributed by atoms with Crippen LogP contribution < -0.4 is 5.32 Å². The van der Waals surface area contributed by atoms with Crippen molar-refractivity contribution in [1.29, 1.82) is 0 Å². The molecule has 3 rings (SSSR count). The number of halogens is 1. The Morgan fingerprint density at radius 3 is 2.76 bits per heavy atom. The van der Waals surface area contributed by atoms with Crippen molar-refractivity contribution in [3.05, 3.63) is 56.2 Å². The summed E-state index contributed by atoms with van der Waals surface area (Å²) < 4.78 is 5.82.